The number of hydrogen-bond donors (Lipinski definition) is 0. The van der Waals surface area contributed by atoms with Gasteiger partial charge in [0.15, 0.2) is 11.5 Å². The Labute approximate surface area is 153 Å². The maximum absolute atomic E-state index is 12.6. The molecule has 0 aromatic carbocycles. The van der Waals surface area contributed by atoms with Gasteiger partial charge in [0.25, 0.3) is 0 Å². The summed E-state index contributed by atoms with van der Waals surface area (Å²) >= 11 is 1.47. The Bertz CT molecular complexity index is 760. The Kier molecular flexibility index (Phi) is 5.72. The highest BCUT2D eigenvalue weighted by atomic mass is 32.1. The van der Waals surface area contributed by atoms with Crippen LogP contribution in [-0.2, 0) is 26.3 Å². The van der Waals surface area contributed by atoms with Gasteiger partial charge < -0.3 is 4.74 Å². The fourth-order valence-corrected chi connectivity index (χ4v) is 3.61. The van der Waals surface area contributed by atoms with Gasteiger partial charge in [-0.25, -0.2) is 0 Å². The van der Waals surface area contributed by atoms with Gasteiger partial charge in [-0.05, 0) is 59.0 Å². The van der Waals surface area contributed by atoms with E-state index in [0.717, 1.165) is 24.8 Å². The molecule has 0 unspecified atom stereocenters. The topological polar surface area (TPSA) is 60.7 Å². The van der Waals surface area contributed by atoms with Crippen LogP contribution >= 0.6 is 11.5 Å². The highest BCUT2D eigenvalue weighted by molar-refractivity contribution is 7.04. The van der Waals surface area contributed by atoms with Crippen LogP contribution in [0.2, 0.25) is 0 Å². The van der Waals surface area contributed by atoms with Crippen molar-refractivity contribution in [3.8, 4) is 0 Å². The molecule has 6 heteroatoms. The number of carbonyl (C=O) groups excluding carboxylic acids is 2. The zero-order chi connectivity index (χ0) is 18.8. The lowest BCUT2D eigenvalue weighted by molar-refractivity contribution is -0.129. The molecule has 138 valence electrons. The van der Waals surface area contributed by atoms with Gasteiger partial charge in [-0.2, -0.15) is 4.99 Å². The molecule has 1 aliphatic heterocycles. The van der Waals surface area contributed by atoms with E-state index in [2.05, 4.69) is 42.8 Å². The maximum atomic E-state index is 12.6. The van der Waals surface area contributed by atoms with Crippen LogP contribution in [-0.4, -0.2) is 21.2 Å². The van der Waals surface area contributed by atoms with E-state index in [4.69, 9.17) is 4.74 Å². The van der Waals surface area contributed by atoms with Crippen molar-refractivity contribution in [2.45, 2.75) is 78.4 Å². The number of carbonyl (C=O) groups is 2. The van der Waals surface area contributed by atoms with E-state index >= 15 is 0 Å². The molecule has 1 aromatic rings. The van der Waals surface area contributed by atoms with Crippen molar-refractivity contribution >= 4 is 23.2 Å². The van der Waals surface area contributed by atoms with Gasteiger partial charge in [0.05, 0.1) is 0 Å². The molecular formula is C19H28N2O3S. The second-order valence-corrected chi connectivity index (χ2v) is 9.04. The van der Waals surface area contributed by atoms with Gasteiger partial charge in [0.2, 0.25) is 0 Å². The summed E-state index contributed by atoms with van der Waals surface area (Å²) in [5, 5.41) is 0. The Morgan fingerprint density at radius 2 is 2.08 bits per heavy atom. The smallest absolute Gasteiger partial charge is 0.313 e. The zero-order valence-corrected chi connectivity index (χ0v) is 16.8. The largest absolute Gasteiger partial charge is 0.481 e. The Morgan fingerprint density at radius 1 is 1.40 bits per heavy atom. The van der Waals surface area contributed by atoms with Crippen LogP contribution in [0.3, 0.4) is 0 Å². The summed E-state index contributed by atoms with van der Waals surface area (Å²) in [5.74, 6) is -0.544. The predicted molar refractivity (Wildman–Crippen MR) is 99.4 cm³/mol. The number of hydrogen-bond acceptors (Lipinski definition) is 4. The first-order valence-electron chi connectivity index (χ1n) is 8.77. The van der Waals surface area contributed by atoms with Crippen LogP contribution in [0.1, 0.15) is 66.4 Å². The fourth-order valence-electron chi connectivity index (χ4n) is 2.57. The van der Waals surface area contributed by atoms with Gasteiger partial charge in [-0.15, -0.1) is 0 Å². The van der Waals surface area contributed by atoms with Crippen molar-refractivity contribution in [3.05, 3.63) is 28.3 Å². The third-order valence-electron chi connectivity index (χ3n) is 3.89. The van der Waals surface area contributed by atoms with E-state index in [1.165, 1.54) is 17.6 Å². The van der Waals surface area contributed by atoms with Gasteiger partial charge in [0.1, 0.15) is 10.3 Å². The quantitative estimate of drug-likeness (QED) is 0.818. The van der Waals surface area contributed by atoms with Crippen LogP contribution < -0.4 is 4.67 Å². The lowest BCUT2D eigenvalue weighted by Gasteiger charge is -2.28. The number of aryl methyl sites for hydroxylation is 1. The number of aromatic nitrogens is 1. The molecule has 0 atom stereocenters. The van der Waals surface area contributed by atoms with Crippen LogP contribution in [0, 0.1) is 0 Å². The molecule has 1 aromatic heterocycles. The van der Waals surface area contributed by atoms with Crippen LogP contribution in [0.25, 0.3) is 0 Å². The lowest BCUT2D eigenvalue weighted by Crippen LogP contribution is -2.33. The maximum Gasteiger partial charge on any atom is 0.313 e. The molecule has 0 radical (unpaired) electrons. The van der Waals surface area contributed by atoms with E-state index < -0.39 is 11.5 Å². The van der Waals surface area contributed by atoms with E-state index in [1.807, 2.05) is 0 Å². The summed E-state index contributed by atoms with van der Waals surface area (Å²) in [6, 6.07) is 0. The molecule has 1 aliphatic rings. The van der Waals surface area contributed by atoms with Gasteiger partial charge in [0, 0.05) is 29.8 Å². The summed E-state index contributed by atoms with van der Waals surface area (Å²) < 4.78 is 8.49. The van der Waals surface area contributed by atoms with Crippen molar-refractivity contribution in [3.63, 3.8) is 0 Å². The van der Waals surface area contributed by atoms with Crippen LogP contribution in [0.4, 0.5) is 0 Å². The average Bonchev–Trinajstić information content (AvgIpc) is 2.86. The molecule has 0 aliphatic carbocycles. The molecule has 1 amide bonds. The lowest BCUT2D eigenvalue weighted by atomic mass is 9.98. The number of ether oxygens (including phenoxy) is 1. The molecule has 0 saturated heterocycles. The highest BCUT2D eigenvalue weighted by Crippen LogP contribution is 2.25. The van der Waals surface area contributed by atoms with Gasteiger partial charge >= 0.3 is 5.91 Å². The molecule has 0 N–H and O–H groups in total. The normalized spacial score (nSPS) is 18.1. The monoisotopic (exact) mass is 364 g/mol. The Hall–Kier alpha value is -1.69. The average molecular weight is 365 g/mol. The van der Waals surface area contributed by atoms with Crippen molar-refractivity contribution in [1.29, 1.82) is 0 Å². The molecule has 25 heavy (non-hydrogen) atoms. The molecule has 5 nitrogen and oxygen atoms in total. The van der Waals surface area contributed by atoms with E-state index in [-0.39, 0.29) is 23.5 Å². The third kappa shape index (κ3) is 5.14. The summed E-state index contributed by atoms with van der Waals surface area (Å²) in [4.78, 5) is 28.7. The number of amides is 1. The Morgan fingerprint density at radius 3 is 2.64 bits per heavy atom. The fraction of sp³-hybridized carbons (Fsp3) is 0.632. The first-order valence-corrected chi connectivity index (χ1v) is 9.54. The Balaban J connectivity index is 2.40. The second kappa shape index (κ2) is 7.28. The van der Waals surface area contributed by atoms with Crippen molar-refractivity contribution in [2.24, 2.45) is 4.99 Å². The molecule has 2 heterocycles. The molecule has 0 fully saturated rings. The SMILES string of the molecule is CCCCc1cn(C(C)(C)C)s/c1=N\C(=O)C1=CC(=O)CC(C)(C)O1. The first kappa shape index (κ1) is 19.6. The van der Waals surface area contributed by atoms with Crippen molar-refractivity contribution in [1.82, 2.24) is 3.96 Å². The summed E-state index contributed by atoms with van der Waals surface area (Å²) in [6.07, 6.45) is 6.63. The van der Waals surface area contributed by atoms with Crippen molar-refractivity contribution < 1.29 is 14.3 Å². The van der Waals surface area contributed by atoms with Gasteiger partial charge in [-0.1, -0.05) is 13.3 Å². The molecule has 2 rings (SSSR count). The summed E-state index contributed by atoms with van der Waals surface area (Å²) in [6.45, 7) is 12.1. The minimum atomic E-state index is -0.668. The zero-order valence-electron chi connectivity index (χ0n) is 16.0. The third-order valence-corrected chi connectivity index (χ3v) is 5.26. The van der Waals surface area contributed by atoms with E-state index in [0.29, 0.717) is 4.67 Å². The molecular weight excluding hydrogens is 336 g/mol. The number of rotatable bonds is 4. The standard InChI is InChI=1S/C19H28N2O3S/c1-7-8-9-13-12-21(18(2,3)4)25-17(13)20-16(23)15-10-14(22)11-19(5,6)24-15/h10,12H,7-9,11H2,1-6H3/b20-17-. The predicted octanol–water partition coefficient (Wildman–Crippen LogP) is 3.73. The number of unbranched alkanes of at least 4 members (excludes halogenated alkanes) is 1. The summed E-state index contributed by atoms with van der Waals surface area (Å²) in [7, 11) is 0. The first-order chi connectivity index (χ1) is 11.5. The number of ketones is 1. The van der Waals surface area contributed by atoms with Crippen molar-refractivity contribution in [2.75, 3.05) is 0 Å². The van der Waals surface area contributed by atoms with Crippen LogP contribution in [0.15, 0.2) is 23.0 Å². The minimum Gasteiger partial charge on any atom is -0.481 e. The minimum absolute atomic E-state index is 0.0402. The van der Waals surface area contributed by atoms with Crippen LogP contribution in [0.5, 0.6) is 0 Å². The van der Waals surface area contributed by atoms with E-state index in [9.17, 15) is 9.59 Å². The molecule has 0 bridgehead atoms. The highest BCUT2D eigenvalue weighted by Gasteiger charge is 2.31. The van der Waals surface area contributed by atoms with Gasteiger partial charge in [-0.3, -0.25) is 13.5 Å². The summed E-state index contributed by atoms with van der Waals surface area (Å²) in [5.41, 5.74) is 0.330. The number of allylic oxidation sites excluding steroid dienone is 1. The molecule has 0 spiro atoms. The number of nitrogens with zero attached hydrogens (tertiary/aromatic N) is 2. The molecule has 0 saturated carbocycles. The second-order valence-electron chi connectivity index (χ2n) is 8.08. The van der Waals surface area contributed by atoms with E-state index in [1.54, 1.807) is 13.8 Å².